The van der Waals surface area contributed by atoms with Gasteiger partial charge in [-0.1, -0.05) is 0 Å². The summed E-state index contributed by atoms with van der Waals surface area (Å²) in [5.74, 6) is 0.976. The molecular formula is C14H17BrN4O. The summed E-state index contributed by atoms with van der Waals surface area (Å²) in [5.41, 5.74) is 1.13. The summed E-state index contributed by atoms with van der Waals surface area (Å²) in [6, 6.07) is 3.94. The van der Waals surface area contributed by atoms with Crippen LogP contribution < -0.4 is 4.90 Å². The number of aryl methyl sites for hydroxylation is 1. The van der Waals surface area contributed by atoms with Crippen LogP contribution in [0.25, 0.3) is 0 Å². The number of rotatable bonds is 3. The van der Waals surface area contributed by atoms with Gasteiger partial charge in [-0.05, 0) is 35.0 Å². The standard InChI is InChI=1S/C14H17BrN4O/c1-2-19-9-11(8-17-19)13-10-18(6-7-20-13)14-12(15)4-3-5-16-14/h3-5,8-9,13H,2,6-7,10H2,1H3/t13-/m1/s1. The Kier molecular flexibility index (Phi) is 4.03. The fourth-order valence-corrected chi connectivity index (χ4v) is 2.88. The van der Waals surface area contributed by atoms with Crippen LogP contribution in [0.4, 0.5) is 5.82 Å². The smallest absolute Gasteiger partial charge is 0.143 e. The van der Waals surface area contributed by atoms with Crippen molar-refractivity contribution in [2.45, 2.75) is 19.6 Å². The molecule has 1 saturated heterocycles. The van der Waals surface area contributed by atoms with Gasteiger partial charge in [-0.15, -0.1) is 0 Å². The van der Waals surface area contributed by atoms with Crippen molar-refractivity contribution >= 4 is 21.7 Å². The Morgan fingerprint density at radius 3 is 3.15 bits per heavy atom. The number of hydrogen-bond donors (Lipinski definition) is 0. The van der Waals surface area contributed by atoms with E-state index in [-0.39, 0.29) is 6.10 Å². The summed E-state index contributed by atoms with van der Waals surface area (Å²) >= 11 is 3.56. The minimum atomic E-state index is 0.0537. The zero-order chi connectivity index (χ0) is 13.9. The lowest BCUT2D eigenvalue weighted by atomic mass is 10.1. The summed E-state index contributed by atoms with van der Waals surface area (Å²) < 4.78 is 8.82. The van der Waals surface area contributed by atoms with Crippen molar-refractivity contribution in [3.05, 3.63) is 40.8 Å². The molecule has 0 spiro atoms. The van der Waals surface area contributed by atoms with Crippen molar-refractivity contribution in [2.75, 3.05) is 24.6 Å². The molecule has 1 atom stereocenters. The predicted octanol–water partition coefficient (Wildman–Crippen LogP) is 2.64. The van der Waals surface area contributed by atoms with Gasteiger partial charge in [0.2, 0.25) is 0 Å². The van der Waals surface area contributed by atoms with E-state index >= 15 is 0 Å². The average Bonchev–Trinajstić information content (AvgIpc) is 2.97. The highest BCUT2D eigenvalue weighted by Crippen LogP contribution is 2.29. The van der Waals surface area contributed by atoms with Crippen LogP contribution >= 0.6 is 15.9 Å². The number of aromatic nitrogens is 3. The highest BCUT2D eigenvalue weighted by atomic mass is 79.9. The molecule has 0 aromatic carbocycles. The first kappa shape index (κ1) is 13.6. The van der Waals surface area contributed by atoms with E-state index in [4.69, 9.17) is 4.74 Å². The first-order chi connectivity index (χ1) is 9.78. The molecule has 1 fully saturated rings. The van der Waals surface area contributed by atoms with Gasteiger partial charge in [0.15, 0.2) is 0 Å². The quantitative estimate of drug-likeness (QED) is 0.864. The zero-order valence-corrected chi connectivity index (χ0v) is 13.0. The molecule has 0 unspecified atom stereocenters. The molecule has 3 heterocycles. The topological polar surface area (TPSA) is 43.2 Å². The second-order valence-corrected chi connectivity index (χ2v) is 5.60. The van der Waals surface area contributed by atoms with Gasteiger partial charge in [-0.3, -0.25) is 4.68 Å². The molecule has 106 valence electrons. The first-order valence-corrected chi connectivity index (χ1v) is 7.56. The van der Waals surface area contributed by atoms with E-state index in [9.17, 15) is 0 Å². The Morgan fingerprint density at radius 1 is 1.50 bits per heavy atom. The van der Waals surface area contributed by atoms with E-state index in [1.165, 1.54) is 0 Å². The highest BCUT2D eigenvalue weighted by molar-refractivity contribution is 9.10. The van der Waals surface area contributed by atoms with Crippen LogP contribution in [-0.2, 0) is 11.3 Å². The van der Waals surface area contributed by atoms with Gasteiger partial charge in [0.05, 0.1) is 23.8 Å². The third-order valence-electron chi connectivity index (χ3n) is 3.45. The van der Waals surface area contributed by atoms with E-state index < -0.39 is 0 Å². The number of halogens is 1. The van der Waals surface area contributed by atoms with Gasteiger partial charge in [-0.25, -0.2) is 4.98 Å². The van der Waals surface area contributed by atoms with E-state index in [1.807, 2.05) is 29.2 Å². The second kappa shape index (κ2) is 5.93. The zero-order valence-electron chi connectivity index (χ0n) is 11.4. The van der Waals surface area contributed by atoms with Crippen LogP contribution in [0.2, 0.25) is 0 Å². The van der Waals surface area contributed by atoms with Gasteiger partial charge >= 0.3 is 0 Å². The lowest BCUT2D eigenvalue weighted by molar-refractivity contribution is 0.0394. The Bertz CT molecular complexity index is 586. The minimum absolute atomic E-state index is 0.0537. The van der Waals surface area contributed by atoms with Gasteiger partial charge in [-0.2, -0.15) is 5.10 Å². The fourth-order valence-electron chi connectivity index (χ4n) is 2.37. The molecule has 0 bridgehead atoms. The van der Waals surface area contributed by atoms with Crippen LogP contribution in [0.5, 0.6) is 0 Å². The SMILES string of the molecule is CCn1cc([C@H]2CN(c3ncccc3Br)CCO2)cn1. The van der Waals surface area contributed by atoms with E-state index in [2.05, 4.69) is 44.0 Å². The van der Waals surface area contributed by atoms with Crippen molar-refractivity contribution in [2.24, 2.45) is 0 Å². The Balaban J connectivity index is 1.78. The lowest BCUT2D eigenvalue weighted by Crippen LogP contribution is -2.39. The number of ether oxygens (including phenoxy) is 1. The Labute approximate surface area is 126 Å². The van der Waals surface area contributed by atoms with Gasteiger partial charge in [0.1, 0.15) is 11.9 Å². The van der Waals surface area contributed by atoms with Crippen LogP contribution in [0.3, 0.4) is 0 Å². The molecule has 6 heteroatoms. The lowest BCUT2D eigenvalue weighted by Gasteiger charge is -2.33. The summed E-state index contributed by atoms with van der Waals surface area (Å²) in [5, 5.41) is 4.32. The maximum Gasteiger partial charge on any atom is 0.143 e. The Hall–Kier alpha value is -1.40. The largest absolute Gasteiger partial charge is 0.370 e. The summed E-state index contributed by atoms with van der Waals surface area (Å²) in [4.78, 5) is 6.71. The molecule has 20 heavy (non-hydrogen) atoms. The van der Waals surface area contributed by atoms with Crippen LogP contribution in [-0.4, -0.2) is 34.5 Å². The molecule has 2 aromatic heterocycles. The van der Waals surface area contributed by atoms with Crippen LogP contribution in [0.15, 0.2) is 35.2 Å². The van der Waals surface area contributed by atoms with E-state index in [0.29, 0.717) is 6.61 Å². The number of pyridine rings is 1. The molecule has 0 radical (unpaired) electrons. The van der Waals surface area contributed by atoms with E-state index in [1.54, 1.807) is 0 Å². The fraction of sp³-hybridized carbons (Fsp3) is 0.429. The normalized spacial score (nSPS) is 19.3. The van der Waals surface area contributed by atoms with Gasteiger partial charge < -0.3 is 9.64 Å². The molecular weight excluding hydrogens is 320 g/mol. The maximum absolute atomic E-state index is 5.88. The average molecular weight is 337 g/mol. The molecule has 1 aliphatic rings. The van der Waals surface area contributed by atoms with Crippen molar-refractivity contribution in [3.8, 4) is 0 Å². The molecule has 0 saturated carbocycles. The molecule has 1 aliphatic heterocycles. The van der Waals surface area contributed by atoms with Crippen LogP contribution in [0.1, 0.15) is 18.6 Å². The molecule has 5 nitrogen and oxygen atoms in total. The number of anilines is 1. The number of nitrogens with zero attached hydrogens (tertiary/aromatic N) is 4. The number of morpholine rings is 1. The monoisotopic (exact) mass is 336 g/mol. The molecule has 0 aliphatic carbocycles. The third-order valence-corrected chi connectivity index (χ3v) is 4.07. The van der Waals surface area contributed by atoms with Gasteiger partial charge in [0.25, 0.3) is 0 Å². The minimum Gasteiger partial charge on any atom is -0.370 e. The second-order valence-electron chi connectivity index (χ2n) is 4.74. The number of hydrogen-bond acceptors (Lipinski definition) is 4. The first-order valence-electron chi connectivity index (χ1n) is 6.77. The molecule has 2 aromatic rings. The molecule has 0 N–H and O–H groups in total. The highest BCUT2D eigenvalue weighted by Gasteiger charge is 2.24. The van der Waals surface area contributed by atoms with Crippen molar-refractivity contribution in [1.29, 1.82) is 0 Å². The van der Waals surface area contributed by atoms with E-state index in [0.717, 1.165) is 35.5 Å². The summed E-state index contributed by atoms with van der Waals surface area (Å²) in [7, 11) is 0. The van der Waals surface area contributed by atoms with Crippen molar-refractivity contribution < 1.29 is 4.74 Å². The summed E-state index contributed by atoms with van der Waals surface area (Å²) in [6.07, 6.45) is 5.82. The van der Waals surface area contributed by atoms with Crippen molar-refractivity contribution in [3.63, 3.8) is 0 Å². The van der Waals surface area contributed by atoms with Crippen LogP contribution in [0, 0.1) is 0 Å². The third kappa shape index (κ3) is 2.71. The molecule has 3 rings (SSSR count). The maximum atomic E-state index is 5.88. The summed E-state index contributed by atoms with van der Waals surface area (Å²) in [6.45, 7) is 5.31. The van der Waals surface area contributed by atoms with Crippen molar-refractivity contribution in [1.82, 2.24) is 14.8 Å². The van der Waals surface area contributed by atoms with Gasteiger partial charge in [0, 0.05) is 31.0 Å². The predicted molar refractivity (Wildman–Crippen MR) is 80.7 cm³/mol. The Morgan fingerprint density at radius 2 is 2.40 bits per heavy atom. The molecule has 0 amide bonds.